The smallest absolute Gasteiger partial charge is 0.146 e. The van der Waals surface area contributed by atoms with E-state index in [9.17, 15) is 4.79 Å². The van der Waals surface area contributed by atoms with Gasteiger partial charge in [-0.05, 0) is 24.1 Å². The second kappa shape index (κ2) is 5.67. The minimum Gasteiger partial charge on any atom is -0.298 e. The van der Waals surface area contributed by atoms with Crippen LogP contribution in [0.3, 0.4) is 0 Å². The van der Waals surface area contributed by atoms with Crippen molar-refractivity contribution in [1.29, 1.82) is 5.26 Å². The molecule has 1 atom stereocenters. The first-order chi connectivity index (χ1) is 7.17. The summed E-state index contributed by atoms with van der Waals surface area (Å²) in [5.41, 5.74) is 1.65. The number of rotatable bonds is 4. The highest BCUT2D eigenvalue weighted by Crippen LogP contribution is 2.13. The molecule has 15 heavy (non-hydrogen) atoms. The molecule has 0 amide bonds. The maximum atomic E-state index is 11.4. The summed E-state index contributed by atoms with van der Waals surface area (Å²) >= 11 is 3.35. The molecule has 1 rings (SSSR count). The van der Waals surface area contributed by atoms with Crippen molar-refractivity contribution in [3.8, 4) is 6.07 Å². The average Bonchev–Trinajstić information content (AvgIpc) is 2.28. The number of benzene rings is 1. The van der Waals surface area contributed by atoms with E-state index in [4.69, 9.17) is 5.26 Å². The van der Waals surface area contributed by atoms with Gasteiger partial charge in [-0.15, -0.1) is 0 Å². The molecule has 0 aliphatic heterocycles. The van der Waals surface area contributed by atoms with Crippen molar-refractivity contribution in [2.24, 2.45) is 0 Å². The van der Waals surface area contributed by atoms with Gasteiger partial charge in [-0.2, -0.15) is 5.26 Å². The number of hydrogen-bond donors (Lipinski definition) is 0. The second-order valence-corrected chi connectivity index (χ2v) is 4.41. The zero-order chi connectivity index (χ0) is 11.3. The van der Waals surface area contributed by atoms with E-state index in [1.807, 2.05) is 25.1 Å². The van der Waals surface area contributed by atoms with Gasteiger partial charge in [0.1, 0.15) is 5.78 Å². The minimum absolute atomic E-state index is 0.142. The first-order valence-electron chi connectivity index (χ1n) is 4.83. The van der Waals surface area contributed by atoms with Crippen molar-refractivity contribution in [3.05, 3.63) is 35.4 Å². The molecule has 0 fully saturated rings. The van der Waals surface area contributed by atoms with E-state index < -0.39 is 0 Å². The van der Waals surface area contributed by atoms with Crippen LogP contribution in [0.4, 0.5) is 0 Å². The quantitative estimate of drug-likeness (QED) is 0.786. The summed E-state index contributed by atoms with van der Waals surface area (Å²) in [7, 11) is 0. The van der Waals surface area contributed by atoms with Gasteiger partial charge in [-0.25, -0.2) is 0 Å². The Bertz CT molecular complexity index is 395. The molecular formula is C12H12BrNO. The zero-order valence-corrected chi connectivity index (χ0v) is 10.1. The monoisotopic (exact) mass is 265 g/mol. The van der Waals surface area contributed by atoms with Gasteiger partial charge in [0.25, 0.3) is 0 Å². The number of alkyl halides is 1. The van der Waals surface area contributed by atoms with E-state index in [0.29, 0.717) is 18.4 Å². The molecule has 1 aromatic rings. The third-order valence-corrected chi connectivity index (χ3v) is 3.00. The van der Waals surface area contributed by atoms with Gasteiger partial charge in [0, 0.05) is 6.42 Å². The van der Waals surface area contributed by atoms with Crippen LogP contribution in [0.15, 0.2) is 24.3 Å². The molecule has 0 radical (unpaired) electrons. The summed E-state index contributed by atoms with van der Waals surface area (Å²) in [6, 6.07) is 9.42. The summed E-state index contributed by atoms with van der Waals surface area (Å²) < 4.78 is 0. The van der Waals surface area contributed by atoms with E-state index in [1.165, 1.54) is 0 Å². The fourth-order valence-corrected chi connectivity index (χ4v) is 2.01. The molecule has 0 aliphatic rings. The first kappa shape index (κ1) is 11.9. The molecule has 0 saturated carbocycles. The number of hydrogen-bond acceptors (Lipinski definition) is 2. The van der Waals surface area contributed by atoms with Crippen LogP contribution in [0, 0.1) is 11.3 Å². The van der Waals surface area contributed by atoms with Crippen LogP contribution in [0.5, 0.6) is 0 Å². The standard InChI is InChI=1S/C12H12BrNO/c1-2-12(15)11(13)7-9-4-3-5-10(6-9)8-14/h3-6,11H,2,7H2,1H3. The fourth-order valence-electron chi connectivity index (χ4n) is 1.31. The Morgan fingerprint density at radius 1 is 1.60 bits per heavy atom. The summed E-state index contributed by atoms with van der Waals surface area (Å²) in [4.78, 5) is 11.2. The van der Waals surface area contributed by atoms with Crippen molar-refractivity contribution in [2.75, 3.05) is 0 Å². The van der Waals surface area contributed by atoms with Gasteiger partial charge in [0.05, 0.1) is 16.5 Å². The van der Waals surface area contributed by atoms with E-state index in [1.54, 1.807) is 6.07 Å². The number of nitriles is 1. The predicted octanol–water partition coefficient (Wildman–Crippen LogP) is 2.84. The molecule has 78 valence electrons. The minimum atomic E-state index is -0.142. The van der Waals surface area contributed by atoms with Gasteiger partial charge in [-0.1, -0.05) is 35.0 Å². The highest BCUT2D eigenvalue weighted by molar-refractivity contribution is 9.10. The van der Waals surface area contributed by atoms with Crippen LogP contribution in [0.25, 0.3) is 0 Å². The summed E-state index contributed by atoms with van der Waals surface area (Å²) in [5.74, 6) is 0.192. The van der Waals surface area contributed by atoms with E-state index in [0.717, 1.165) is 5.56 Å². The Morgan fingerprint density at radius 2 is 2.33 bits per heavy atom. The van der Waals surface area contributed by atoms with Crippen LogP contribution in [-0.2, 0) is 11.2 Å². The van der Waals surface area contributed by atoms with Crippen LogP contribution in [0.2, 0.25) is 0 Å². The number of ketones is 1. The molecule has 0 heterocycles. The maximum absolute atomic E-state index is 11.4. The topological polar surface area (TPSA) is 40.9 Å². The van der Waals surface area contributed by atoms with Crippen LogP contribution in [0.1, 0.15) is 24.5 Å². The van der Waals surface area contributed by atoms with E-state index in [-0.39, 0.29) is 10.6 Å². The molecule has 0 spiro atoms. The lowest BCUT2D eigenvalue weighted by atomic mass is 10.0. The zero-order valence-electron chi connectivity index (χ0n) is 8.53. The van der Waals surface area contributed by atoms with Crippen LogP contribution in [-0.4, -0.2) is 10.6 Å². The van der Waals surface area contributed by atoms with Gasteiger partial charge in [-0.3, -0.25) is 4.79 Å². The molecule has 0 aliphatic carbocycles. The van der Waals surface area contributed by atoms with Crippen LogP contribution >= 0.6 is 15.9 Å². The lowest BCUT2D eigenvalue weighted by Crippen LogP contribution is -2.15. The lowest BCUT2D eigenvalue weighted by Gasteiger charge is -2.07. The van der Waals surface area contributed by atoms with E-state index >= 15 is 0 Å². The summed E-state index contributed by atoms with van der Waals surface area (Å²) in [5, 5.41) is 8.72. The molecule has 2 nitrogen and oxygen atoms in total. The van der Waals surface area contributed by atoms with Gasteiger partial charge in [0.15, 0.2) is 0 Å². The first-order valence-corrected chi connectivity index (χ1v) is 5.74. The Hall–Kier alpha value is -1.14. The predicted molar refractivity (Wildman–Crippen MR) is 62.9 cm³/mol. The SMILES string of the molecule is CCC(=O)C(Br)Cc1cccc(C#N)c1. The molecular weight excluding hydrogens is 254 g/mol. The third-order valence-electron chi connectivity index (χ3n) is 2.17. The Labute approximate surface area is 98.0 Å². The second-order valence-electron chi connectivity index (χ2n) is 3.30. The van der Waals surface area contributed by atoms with Crippen LogP contribution < -0.4 is 0 Å². The number of carbonyl (C=O) groups is 1. The highest BCUT2D eigenvalue weighted by Gasteiger charge is 2.13. The largest absolute Gasteiger partial charge is 0.298 e. The summed E-state index contributed by atoms with van der Waals surface area (Å²) in [6.45, 7) is 1.85. The number of Topliss-reactive ketones (excluding diaryl/α,β-unsaturated/α-hetero) is 1. The lowest BCUT2D eigenvalue weighted by molar-refractivity contribution is -0.118. The normalized spacial score (nSPS) is 11.8. The maximum Gasteiger partial charge on any atom is 0.146 e. The number of nitrogens with zero attached hydrogens (tertiary/aromatic N) is 1. The number of carbonyl (C=O) groups excluding carboxylic acids is 1. The van der Waals surface area contributed by atoms with Crippen molar-refractivity contribution < 1.29 is 4.79 Å². The molecule has 3 heteroatoms. The van der Waals surface area contributed by atoms with Gasteiger partial charge in [0.2, 0.25) is 0 Å². The van der Waals surface area contributed by atoms with E-state index in [2.05, 4.69) is 22.0 Å². The Balaban J connectivity index is 2.73. The molecule has 1 aromatic carbocycles. The van der Waals surface area contributed by atoms with Crippen molar-refractivity contribution in [2.45, 2.75) is 24.6 Å². The Kier molecular flexibility index (Phi) is 4.51. The number of halogens is 1. The van der Waals surface area contributed by atoms with Crippen molar-refractivity contribution in [1.82, 2.24) is 0 Å². The van der Waals surface area contributed by atoms with Crippen molar-refractivity contribution in [3.63, 3.8) is 0 Å². The van der Waals surface area contributed by atoms with Crippen molar-refractivity contribution >= 4 is 21.7 Å². The molecule has 0 N–H and O–H groups in total. The summed E-state index contributed by atoms with van der Waals surface area (Å²) in [6.07, 6.45) is 1.18. The van der Waals surface area contributed by atoms with Gasteiger partial charge >= 0.3 is 0 Å². The molecule has 1 unspecified atom stereocenters. The highest BCUT2D eigenvalue weighted by atomic mass is 79.9. The van der Waals surface area contributed by atoms with Gasteiger partial charge < -0.3 is 0 Å². The average molecular weight is 266 g/mol. The fraction of sp³-hybridized carbons (Fsp3) is 0.333. The molecule has 0 aromatic heterocycles. The molecule has 0 saturated heterocycles. The third kappa shape index (κ3) is 3.49. The molecule has 0 bridgehead atoms. The Morgan fingerprint density at radius 3 is 2.93 bits per heavy atom.